The molecule has 0 amide bonds. The van der Waals surface area contributed by atoms with Crippen LogP contribution >= 0.6 is 0 Å². The summed E-state index contributed by atoms with van der Waals surface area (Å²) in [5.74, 6) is 0. The topological polar surface area (TPSA) is 0 Å². The Hall–Kier alpha value is 0.883. The molecule has 0 aliphatic heterocycles. The van der Waals surface area contributed by atoms with Crippen molar-refractivity contribution in [2.45, 2.75) is 0 Å². The first-order valence-corrected chi connectivity index (χ1v) is 0. The fourth-order valence-electron chi connectivity index (χ4n) is 0. The maximum atomic E-state index is 0. The third-order valence-corrected chi connectivity index (χ3v) is 0. The Morgan fingerprint density at radius 3 is 0.400 bits per heavy atom. The second-order valence-corrected chi connectivity index (χ2v) is 0. The van der Waals surface area contributed by atoms with Gasteiger partial charge in [-0.2, -0.15) is 0 Å². The first kappa shape index (κ1) is 180. The Balaban J connectivity index is 0. The van der Waals surface area contributed by atoms with Gasteiger partial charge in [-0.05, 0) is 0 Å². The molecule has 0 heterocycles. The molecular weight excluding hydrogens is 139 g/mol. The van der Waals surface area contributed by atoms with Gasteiger partial charge in [-0.1, -0.05) is 0 Å². The second kappa shape index (κ2) is 94.4. The molecule has 0 saturated carbocycles. The maximum Gasteiger partial charge on any atom is 4.00 e. The first-order valence-electron chi connectivity index (χ1n) is 0. The van der Waals surface area contributed by atoms with Crippen molar-refractivity contribution in [3.05, 3.63) is 29.7 Å². The van der Waals surface area contributed by atoms with E-state index in [1.807, 2.05) is 0 Å². The average molecular weight is 151 g/mol. The zero-order chi connectivity index (χ0) is 0. The fourth-order valence-corrected chi connectivity index (χ4v) is 0. The summed E-state index contributed by atoms with van der Waals surface area (Å²) in [5, 5.41) is 0. The van der Waals surface area contributed by atoms with Gasteiger partial charge in [0.25, 0.3) is 0 Å². The quantitative estimate of drug-likeness (QED) is 0.463. The monoisotopic (exact) mass is 150 g/mol. The van der Waals surface area contributed by atoms with Crippen LogP contribution in [0.1, 0.15) is 0 Å². The molecule has 0 spiro atoms. The van der Waals surface area contributed by atoms with Crippen LogP contribution in [0.3, 0.4) is 0 Å². The van der Waals surface area contributed by atoms with Crippen LogP contribution in [-0.2, 0) is 26.2 Å². The van der Waals surface area contributed by atoms with Crippen LogP contribution in [0.2, 0.25) is 0 Å². The van der Waals surface area contributed by atoms with Crippen molar-refractivity contribution in [3.63, 3.8) is 0 Å². The van der Waals surface area contributed by atoms with Crippen molar-refractivity contribution in [2.24, 2.45) is 0 Å². The summed E-state index contributed by atoms with van der Waals surface area (Å²) in [6, 6.07) is 0. The number of rotatable bonds is 0. The zero-order valence-corrected chi connectivity index (χ0v) is 6.96. The molecule has 1 heteroatoms. The van der Waals surface area contributed by atoms with E-state index in [1.165, 1.54) is 0 Å². The Morgan fingerprint density at radius 2 is 0.400 bits per heavy atom. The molecule has 32 valence electrons. The van der Waals surface area contributed by atoms with Gasteiger partial charge >= 0.3 is 26.2 Å². The van der Waals surface area contributed by atoms with Gasteiger partial charge < -0.3 is 29.7 Å². The first-order chi connectivity index (χ1) is 0. The predicted octanol–water partition coefficient (Wildman–Crippen LogP) is 1.80. The van der Waals surface area contributed by atoms with E-state index in [0.717, 1.165) is 0 Å². The second-order valence-electron chi connectivity index (χ2n) is 0. The van der Waals surface area contributed by atoms with Gasteiger partial charge in [0.15, 0.2) is 0 Å². The van der Waals surface area contributed by atoms with Crippen LogP contribution in [0.25, 0.3) is 0 Å². The summed E-state index contributed by atoms with van der Waals surface area (Å²) in [4.78, 5) is 0. The van der Waals surface area contributed by atoms with Crippen molar-refractivity contribution in [3.8, 4) is 0 Å². The minimum Gasteiger partial charge on any atom is -0.358 e. The normalized spacial score (nSPS) is 0. The predicted molar refractivity (Wildman–Crippen MR) is 25.7 cm³/mol. The molecule has 0 unspecified atom stereocenters. The van der Waals surface area contributed by atoms with Gasteiger partial charge in [0.2, 0.25) is 0 Å². The fraction of sp³-hybridized carbons (Fsp3) is 0. The summed E-state index contributed by atoms with van der Waals surface area (Å²) in [7, 11) is 0. The van der Waals surface area contributed by atoms with Crippen LogP contribution in [0, 0.1) is 29.7 Å². The van der Waals surface area contributed by atoms with E-state index in [2.05, 4.69) is 0 Å². The summed E-state index contributed by atoms with van der Waals surface area (Å²) in [5.41, 5.74) is 0. The molecule has 0 nitrogen and oxygen atoms in total. The molecule has 0 fully saturated rings. The minimum absolute atomic E-state index is 0. The molecule has 0 saturated heterocycles. The van der Waals surface area contributed by atoms with Crippen LogP contribution in [0.5, 0.6) is 0 Å². The Kier molecular flexibility index (Phi) is 3400. The molecule has 0 aromatic carbocycles. The van der Waals surface area contributed by atoms with Crippen LogP contribution in [0.4, 0.5) is 0 Å². The molecule has 0 N–H and O–H groups in total. The van der Waals surface area contributed by atoms with Gasteiger partial charge in [-0.15, -0.1) is 0 Å². The molecule has 0 atom stereocenters. The summed E-state index contributed by atoms with van der Waals surface area (Å²) in [6.07, 6.45) is 0. The molecule has 0 bridgehead atoms. The molecule has 0 aliphatic rings. The largest absolute Gasteiger partial charge is 4.00 e. The van der Waals surface area contributed by atoms with E-state index in [4.69, 9.17) is 0 Å². The minimum atomic E-state index is 0. The molecule has 0 rings (SSSR count). The van der Waals surface area contributed by atoms with Crippen molar-refractivity contribution in [1.29, 1.82) is 0 Å². The van der Waals surface area contributed by atoms with E-state index in [1.54, 1.807) is 0 Å². The standard InChI is InChI=1S/4CH3.Zr/h4*1H3;/q4*-1;+4. The van der Waals surface area contributed by atoms with Crippen molar-refractivity contribution < 1.29 is 26.2 Å². The van der Waals surface area contributed by atoms with Crippen LogP contribution in [-0.4, -0.2) is 0 Å². The van der Waals surface area contributed by atoms with E-state index in [9.17, 15) is 0 Å². The summed E-state index contributed by atoms with van der Waals surface area (Å²) >= 11 is 0. The molecule has 0 aliphatic carbocycles. The van der Waals surface area contributed by atoms with E-state index in [0.29, 0.717) is 0 Å². The summed E-state index contributed by atoms with van der Waals surface area (Å²) in [6.45, 7) is 0. The van der Waals surface area contributed by atoms with Gasteiger partial charge in [-0.25, -0.2) is 0 Å². The third kappa shape index (κ3) is 52.0. The van der Waals surface area contributed by atoms with Gasteiger partial charge in [0.05, 0.1) is 0 Å². The molecule has 0 aromatic rings. The van der Waals surface area contributed by atoms with Crippen molar-refractivity contribution in [1.82, 2.24) is 0 Å². The third-order valence-electron chi connectivity index (χ3n) is 0. The van der Waals surface area contributed by atoms with E-state index in [-0.39, 0.29) is 55.9 Å². The smallest absolute Gasteiger partial charge is 0.358 e. The van der Waals surface area contributed by atoms with Gasteiger partial charge in [-0.3, -0.25) is 0 Å². The van der Waals surface area contributed by atoms with Crippen molar-refractivity contribution in [2.75, 3.05) is 0 Å². The van der Waals surface area contributed by atoms with Gasteiger partial charge in [0.1, 0.15) is 0 Å². The Morgan fingerprint density at radius 1 is 0.400 bits per heavy atom. The Bertz CT molecular complexity index is 3.61. The molecule has 0 radical (unpaired) electrons. The maximum absolute atomic E-state index is 0. The Labute approximate surface area is 56.1 Å². The van der Waals surface area contributed by atoms with Crippen LogP contribution in [0.15, 0.2) is 0 Å². The van der Waals surface area contributed by atoms with Crippen LogP contribution < -0.4 is 0 Å². The summed E-state index contributed by atoms with van der Waals surface area (Å²) < 4.78 is 0. The van der Waals surface area contributed by atoms with Gasteiger partial charge in [0, 0.05) is 0 Å². The SMILES string of the molecule is [CH3-].[CH3-].[CH3-].[CH3-].[Zr+4]. The van der Waals surface area contributed by atoms with E-state index >= 15 is 0 Å². The average Bonchev–Trinajstić information content (AvgIpc) is 0. The van der Waals surface area contributed by atoms with Crippen molar-refractivity contribution >= 4 is 0 Å². The number of hydrogen-bond acceptors (Lipinski definition) is 0. The molecular formula is C4H12Zr. The van der Waals surface area contributed by atoms with E-state index < -0.39 is 0 Å². The number of hydrogen-bond donors (Lipinski definition) is 0. The molecule has 5 heavy (non-hydrogen) atoms. The molecule has 0 aromatic heterocycles. The zero-order valence-electron chi connectivity index (χ0n) is 4.50.